The zero-order chi connectivity index (χ0) is 15.2. The van der Waals surface area contributed by atoms with Gasteiger partial charge in [0, 0.05) is 24.3 Å². The van der Waals surface area contributed by atoms with Gasteiger partial charge in [-0.15, -0.1) is 0 Å². The number of nitro groups is 2. The molecule has 0 spiro atoms. The van der Waals surface area contributed by atoms with Crippen LogP contribution in [-0.2, 0) is 0 Å². The minimum Gasteiger partial charge on any atom is -0.278 e. The summed E-state index contributed by atoms with van der Waals surface area (Å²) in [7, 11) is 0. The molecule has 1 N–H and O–H groups in total. The molecule has 0 amide bonds. The minimum absolute atomic E-state index is 0.0000940. The molecule has 0 heterocycles. The molecule has 8 heteroatoms. The summed E-state index contributed by atoms with van der Waals surface area (Å²) >= 11 is 0. The highest BCUT2D eigenvalue weighted by atomic mass is 16.6. The van der Waals surface area contributed by atoms with Gasteiger partial charge in [-0.3, -0.25) is 25.7 Å². The predicted molar refractivity (Wildman–Crippen MR) is 77.4 cm³/mol. The Bertz CT molecular complexity index is 680. The number of hydrogen-bond acceptors (Lipinski definition) is 6. The van der Waals surface area contributed by atoms with Crippen LogP contribution in [-0.4, -0.2) is 16.1 Å². The van der Waals surface area contributed by atoms with Crippen LogP contribution in [0.2, 0.25) is 0 Å². The predicted octanol–water partition coefficient (Wildman–Crippen LogP) is 2.95. The lowest BCUT2D eigenvalue weighted by molar-refractivity contribution is -0.385. The van der Waals surface area contributed by atoms with E-state index in [1.165, 1.54) is 42.6 Å². The summed E-state index contributed by atoms with van der Waals surface area (Å²) in [5.74, 6) is 0. The fourth-order valence-corrected chi connectivity index (χ4v) is 1.52. The summed E-state index contributed by atoms with van der Waals surface area (Å²) in [6.07, 6.45) is 1.49. The average molecular weight is 286 g/mol. The Labute approximate surface area is 119 Å². The number of non-ortho nitro benzene ring substituents is 2. The first-order valence-electron chi connectivity index (χ1n) is 5.84. The van der Waals surface area contributed by atoms with Gasteiger partial charge in [0.25, 0.3) is 11.4 Å². The number of rotatable bonds is 5. The van der Waals surface area contributed by atoms with Crippen LogP contribution in [0.1, 0.15) is 5.56 Å². The van der Waals surface area contributed by atoms with Crippen molar-refractivity contribution < 1.29 is 9.85 Å². The van der Waals surface area contributed by atoms with Crippen molar-refractivity contribution in [2.45, 2.75) is 0 Å². The summed E-state index contributed by atoms with van der Waals surface area (Å²) in [5.41, 5.74) is 4.01. The van der Waals surface area contributed by atoms with Gasteiger partial charge in [0.1, 0.15) is 0 Å². The van der Waals surface area contributed by atoms with E-state index in [0.29, 0.717) is 11.3 Å². The molecule has 106 valence electrons. The molecule has 0 bridgehead atoms. The summed E-state index contributed by atoms with van der Waals surface area (Å²) in [5, 5.41) is 24.9. The third kappa shape index (κ3) is 3.83. The number of anilines is 1. The second kappa shape index (κ2) is 6.24. The van der Waals surface area contributed by atoms with Gasteiger partial charge in [-0.05, 0) is 29.8 Å². The Morgan fingerprint density at radius 1 is 0.857 bits per heavy atom. The van der Waals surface area contributed by atoms with E-state index in [9.17, 15) is 20.2 Å². The third-order valence-corrected chi connectivity index (χ3v) is 2.59. The van der Waals surface area contributed by atoms with Crippen LogP contribution in [0, 0.1) is 20.2 Å². The molecule has 0 aromatic heterocycles. The zero-order valence-corrected chi connectivity index (χ0v) is 10.7. The lowest BCUT2D eigenvalue weighted by Crippen LogP contribution is -1.92. The van der Waals surface area contributed by atoms with Crippen molar-refractivity contribution in [1.82, 2.24) is 0 Å². The lowest BCUT2D eigenvalue weighted by atomic mass is 10.2. The topological polar surface area (TPSA) is 111 Å². The van der Waals surface area contributed by atoms with E-state index in [-0.39, 0.29) is 11.4 Å². The molecular weight excluding hydrogens is 276 g/mol. The summed E-state index contributed by atoms with van der Waals surface area (Å²) < 4.78 is 0. The SMILES string of the molecule is O=[N+]([O-])c1ccc(/C=N/Nc2ccc([N+](=O)[O-])cc2)cc1. The standard InChI is InChI=1S/C13H10N4O4/c18-16(19)12-5-1-10(2-6-12)9-14-15-11-3-7-13(8-4-11)17(20)21/h1-9,15H/b14-9+. The largest absolute Gasteiger partial charge is 0.278 e. The molecule has 0 aliphatic carbocycles. The van der Waals surface area contributed by atoms with Gasteiger partial charge in [0.05, 0.1) is 21.7 Å². The first kappa shape index (κ1) is 14.1. The molecule has 2 rings (SSSR count). The van der Waals surface area contributed by atoms with Crippen molar-refractivity contribution in [1.29, 1.82) is 0 Å². The van der Waals surface area contributed by atoms with Crippen LogP contribution in [0.15, 0.2) is 53.6 Å². The second-order valence-electron chi connectivity index (χ2n) is 4.02. The molecule has 0 saturated heterocycles. The molecule has 0 aliphatic heterocycles. The molecular formula is C13H10N4O4. The summed E-state index contributed by atoms with van der Waals surface area (Å²) in [6.45, 7) is 0. The minimum atomic E-state index is -0.482. The van der Waals surface area contributed by atoms with Gasteiger partial charge in [0.2, 0.25) is 0 Å². The number of nitro benzene ring substituents is 2. The molecule has 2 aromatic carbocycles. The molecule has 0 fully saturated rings. The van der Waals surface area contributed by atoms with Crippen LogP contribution in [0.3, 0.4) is 0 Å². The van der Waals surface area contributed by atoms with E-state index in [4.69, 9.17) is 0 Å². The molecule has 2 aromatic rings. The highest BCUT2D eigenvalue weighted by molar-refractivity contribution is 5.80. The highest BCUT2D eigenvalue weighted by Gasteiger charge is 2.03. The zero-order valence-electron chi connectivity index (χ0n) is 10.7. The van der Waals surface area contributed by atoms with Gasteiger partial charge in [-0.25, -0.2) is 0 Å². The number of nitrogens with zero attached hydrogens (tertiary/aromatic N) is 3. The van der Waals surface area contributed by atoms with Gasteiger partial charge in [-0.2, -0.15) is 5.10 Å². The number of benzene rings is 2. The van der Waals surface area contributed by atoms with Gasteiger partial charge in [0.15, 0.2) is 0 Å². The number of nitrogens with one attached hydrogen (secondary N) is 1. The van der Waals surface area contributed by atoms with E-state index in [0.717, 1.165) is 0 Å². The van der Waals surface area contributed by atoms with E-state index in [1.54, 1.807) is 12.1 Å². The normalized spacial score (nSPS) is 10.5. The monoisotopic (exact) mass is 286 g/mol. The molecule has 8 nitrogen and oxygen atoms in total. The summed E-state index contributed by atoms with van der Waals surface area (Å²) in [4.78, 5) is 20.0. The first-order valence-corrected chi connectivity index (χ1v) is 5.84. The fourth-order valence-electron chi connectivity index (χ4n) is 1.52. The average Bonchev–Trinajstić information content (AvgIpc) is 2.48. The second-order valence-corrected chi connectivity index (χ2v) is 4.02. The fraction of sp³-hybridized carbons (Fsp3) is 0. The van der Waals surface area contributed by atoms with E-state index >= 15 is 0 Å². The maximum absolute atomic E-state index is 10.5. The van der Waals surface area contributed by atoms with Crippen LogP contribution < -0.4 is 5.43 Å². The van der Waals surface area contributed by atoms with Crippen molar-refractivity contribution in [2.24, 2.45) is 5.10 Å². The van der Waals surface area contributed by atoms with Crippen molar-refractivity contribution in [3.8, 4) is 0 Å². The molecule has 0 atom stereocenters. The molecule has 0 unspecified atom stereocenters. The Balaban J connectivity index is 1.98. The summed E-state index contributed by atoms with van der Waals surface area (Å²) in [6, 6.07) is 11.7. The molecule has 0 saturated carbocycles. The van der Waals surface area contributed by atoms with Crippen LogP contribution >= 0.6 is 0 Å². The molecule has 21 heavy (non-hydrogen) atoms. The lowest BCUT2D eigenvalue weighted by Gasteiger charge is -1.99. The Kier molecular flexibility index (Phi) is 4.20. The van der Waals surface area contributed by atoms with Crippen molar-refractivity contribution in [3.05, 3.63) is 74.3 Å². The van der Waals surface area contributed by atoms with Gasteiger partial charge < -0.3 is 0 Å². The Morgan fingerprint density at radius 2 is 1.33 bits per heavy atom. The maximum Gasteiger partial charge on any atom is 0.269 e. The number of hydrazone groups is 1. The van der Waals surface area contributed by atoms with Crippen molar-refractivity contribution in [2.75, 3.05) is 5.43 Å². The van der Waals surface area contributed by atoms with E-state index in [2.05, 4.69) is 10.5 Å². The molecule has 0 radical (unpaired) electrons. The Hall–Kier alpha value is -3.29. The smallest absolute Gasteiger partial charge is 0.269 e. The Morgan fingerprint density at radius 3 is 1.81 bits per heavy atom. The van der Waals surface area contributed by atoms with Crippen LogP contribution in [0.5, 0.6) is 0 Å². The molecule has 0 aliphatic rings. The maximum atomic E-state index is 10.5. The van der Waals surface area contributed by atoms with Crippen molar-refractivity contribution >= 4 is 23.3 Å². The van der Waals surface area contributed by atoms with E-state index in [1.807, 2.05) is 0 Å². The number of hydrogen-bond donors (Lipinski definition) is 1. The van der Waals surface area contributed by atoms with Gasteiger partial charge in [-0.1, -0.05) is 0 Å². The third-order valence-electron chi connectivity index (χ3n) is 2.59. The van der Waals surface area contributed by atoms with Crippen molar-refractivity contribution in [3.63, 3.8) is 0 Å². The highest BCUT2D eigenvalue weighted by Crippen LogP contribution is 2.15. The van der Waals surface area contributed by atoms with Crippen LogP contribution in [0.4, 0.5) is 17.1 Å². The van der Waals surface area contributed by atoms with Gasteiger partial charge >= 0.3 is 0 Å². The van der Waals surface area contributed by atoms with E-state index < -0.39 is 9.85 Å². The van der Waals surface area contributed by atoms with Crippen LogP contribution in [0.25, 0.3) is 0 Å². The first-order chi connectivity index (χ1) is 10.1. The quantitative estimate of drug-likeness (QED) is 0.516.